The van der Waals surface area contributed by atoms with Crippen molar-refractivity contribution in [2.45, 2.75) is 6.92 Å². The van der Waals surface area contributed by atoms with Crippen molar-refractivity contribution in [1.29, 1.82) is 0 Å². The van der Waals surface area contributed by atoms with E-state index in [1.165, 1.54) is 22.7 Å². The quantitative estimate of drug-likeness (QED) is 0.557. The summed E-state index contributed by atoms with van der Waals surface area (Å²) in [5.41, 5.74) is 1.65. The molecule has 0 aliphatic rings. The van der Waals surface area contributed by atoms with Crippen molar-refractivity contribution in [1.82, 2.24) is 24.8 Å². The fourth-order valence-corrected chi connectivity index (χ4v) is 3.85. The predicted octanol–water partition coefficient (Wildman–Crippen LogP) is 4.67. The number of halogens is 2. The minimum Gasteiger partial charge on any atom is -0.297 e. The monoisotopic (exact) mass is 382 g/mol. The van der Waals surface area contributed by atoms with Crippen LogP contribution in [0.3, 0.4) is 0 Å². The molecule has 0 saturated heterocycles. The standard InChI is InChI=1S/C13H8Cl2N6S2/c1-6-18-19-12(23-6)16-11-17-13-21(20-11)10(5-22-13)8-4-7(14)2-3-9(8)15/h2-5H,1H3,(H,16,19,20). The van der Waals surface area contributed by atoms with Gasteiger partial charge in [-0.25, -0.2) is 4.52 Å². The van der Waals surface area contributed by atoms with Crippen molar-refractivity contribution in [3.05, 3.63) is 38.6 Å². The van der Waals surface area contributed by atoms with E-state index in [4.69, 9.17) is 23.2 Å². The second kappa shape index (κ2) is 5.72. The lowest BCUT2D eigenvalue weighted by molar-refractivity contribution is 0.984. The summed E-state index contributed by atoms with van der Waals surface area (Å²) in [6.07, 6.45) is 0. The van der Waals surface area contributed by atoms with Gasteiger partial charge in [-0.2, -0.15) is 4.98 Å². The zero-order valence-corrected chi connectivity index (χ0v) is 14.8. The lowest BCUT2D eigenvalue weighted by Gasteiger charge is -2.02. The van der Waals surface area contributed by atoms with Crippen LogP contribution in [0.15, 0.2) is 23.6 Å². The first-order valence-electron chi connectivity index (χ1n) is 6.47. The summed E-state index contributed by atoms with van der Waals surface area (Å²) in [5, 5.41) is 20.2. The number of anilines is 2. The summed E-state index contributed by atoms with van der Waals surface area (Å²) in [5.74, 6) is 0.465. The fraction of sp³-hybridized carbons (Fsp3) is 0.0769. The number of aryl methyl sites for hydroxylation is 1. The van der Waals surface area contributed by atoms with Crippen LogP contribution in [0.25, 0.3) is 16.2 Å². The number of hydrogen-bond acceptors (Lipinski definition) is 7. The van der Waals surface area contributed by atoms with E-state index >= 15 is 0 Å². The molecule has 3 aromatic heterocycles. The van der Waals surface area contributed by atoms with Gasteiger partial charge in [-0.1, -0.05) is 34.5 Å². The van der Waals surface area contributed by atoms with Crippen molar-refractivity contribution >= 4 is 61.9 Å². The SMILES string of the molecule is Cc1nnc(Nc2nc3scc(-c4cc(Cl)ccc4Cl)n3n2)s1. The molecule has 0 bridgehead atoms. The molecular formula is C13H8Cl2N6S2. The lowest BCUT2D eigenvalue weighted by Crippen LogP contribution is -1.94. The van der Waals surface area contributed by atoms with E-state index in [2.05, 4.69) is 25.6 Å². The van der Waals surface area contributed by atoms with Gasteiger partial charge < -0.3 is 0 Å². The van der Waals surface area contributed by atoms with Crippen LogP contribution in [0.2, 0.25) is 10.0 Å². The molecule has 0 radical (unpaired) electrons. The summed E-state index contributed by atoms with van der Waals surface area (Å²) in [6.45, 7) is 1.89. The second-order valence-electron chi connectivity index (χ2n) is 4.63. The zero-order valence-electron chi connectivity index (χ0n) is 11.6. The van der Waals surface area contributed by atoms with Crippen molar-refractivity contribution in [2.75, 3.05) is 5.32 Å². The van der Waals surface area contributed by atoms with E-state index < -0.39 is 0 Å². The minimum atomic E-state index is 0.465. The van der Waals surface area contributed by atoms with Gasteiger partial charge in [0.15, 0.2) is 0 Å². The molecule has 0 amide bonds. The van der Waals surface area contributed by atoms with E-state index in [1.807, 2.05) is 18.4 Å². The smallest absolute Gasteiger partial charge is 0.250 e. The highest BCUT2D eigenvalue weighted by Gasteiger charge is 2.15. The molecule has 0 unspecified atom stereocenters. The number of thiazole rings is 1. The van der Waals surface area contributed by atoms with E-state index in [0.29, 0.717) is 21.1 Å². The third kappa shape index (κ3) is 2.78. The van der Waals surface area contributed by atoms with Gasteiger partial charge >= 0.3 is 0 Å². The van der Waals surface area contributed by atoms with Gasteiger partial charge in [0.05, 0.1) is 10.7 Å². The van der Waals surface area contributed by atoms with Crippen LogP contribution in [0, 0.1) is 6.92 Å². The minimum absolute atomic E-state index is 0.465. The molecule has 4 aromatic rings. The number of nitrogens with one attached hydrogen (secondary N) is 1. The summed E-state index contributed by atoms with van der Waals surface area (Å²) in [7, 11) is 0. The Morgan fingerprint density at radius 2 is 2.09 bits per heavy atom. The summed E-state index contributed by atoms with van der Waals surface area (Å²) in [6, 6.07) is 5.33. The second-order valence-corrected chi connectivity index (χ2v) is 7.49. The molecule has 0 spiro atoms. The van der Waals surface area contributed by atoms with E-state index in [-0.39, 0.29) is 0 Å². The van der Waals surface area contributed by atoms with Gasteiger partial charge in [0, 0.05) is 16.0 Å². The molecule has 3 heterocycles. The van der Waals surface area contributed by atoms with Crippen LogP contribution in [0.1, 0.15) is 5.01 Å². The number of nitrogens with zero attached hydrogens (tertiary/aromatic N) is 5. The normalized spacial score (nSPS) is 11.3. The number of benzene rings is 1. The van der Waals surface area contributed by atoms with Crippen LogP contribution in [-0.4, -0.2) is 24.8 Å². The van der Waals surface area contributed by atoms with E-state index in [9.17, 15) is 0 Å². The molecule has 0 aliphatic heterocycles. The largest absolute Gasteiger partial charge is 0.297 e. The molecule has 1 N–H and O–H groups in total. The third-order valence-electron chi connectivity index (χ3n) is 3.03. The molecule has 0 aliphatic carbocycles. The summed E-state index contributed by atoms with van der Waals surface area (Å²) >= 11 is 15.3. The molecule has 6 nitrogen and oxygen atoms in total. The number of hydrogen-bond donors (Lipinski definition) is 1. The Kier molecular flexibility index (Phi) is 3.68. The predicted molar refractivity (Wildman–Crippen MR) is 94.2 cm³/mol. The topological polar surface area (TPSA) is 68.0 Å². The molecule has 10 heteroatoms. The summed E-state index contributed by atoms with van der Waals surface area (Å²) < 4.78 is 1.73. The van der Waals surface area contributed by atoms with Gasteiger partial charge in [0.2, 0.25) is 16.0 Å². The van der Waals surface area contributed by atoms with Crippen molar-refractivity contribution in [2.24, 2.45) is 0 Å². The van der Waals surface area contributed by atoms with Crippen LogP contribution in [0.4, 0.5) is 11.1 Å². The Morgan fingerprint density at radius 1 is 1.22 bits per heavy atom. The first kappa shape index (κ1) is 14.8. The maximum absolute atomic E-state index is 6.28. The first-order valence-corrected chi connectivity index (χ1v) is 8.92. The number of fused-ring (bicyclic) bond motifs is 1. The highest BCUT2D eigenvalue weighted by atomic mass is 35.5. The van der Waals surface area contributed by atoms with Gasteiger partial charge in [-0.15, -0.1) is 26.6 Å². The Hall–Kier alpha value is -1.74. The molecular weight excluding hydrogens is 375 g/mol. The average Bonchev–Trinajstić information content (AvgIpc) is 3.18. The van der Waals surface area contributed by atoms with Gasteiger partial charge in [-0.05, 0) is 25.1 Å². The third-order valence-corrected chi connectivity index (χ3v) is 5.17. The molecule has 0 atom stereocenters. The maximum Gasteiger partial charge on any atom is 0.250 e. The fourth-order valence-electron chi connectivity index (χ4n) is 2.06. The number of rotatable bonds is 3. The zero-order chi connectivity index (χ0) is 16.0. The molecule has 0 fully saturated rings. The highest BCUT2D eigenvalue weighted by Crippen LogP contribution is 2.33. The first-order chi connectivity index (χ1) is 11.1. The molecule has 0 saturated carbocycles. The highest BCUT2D eigenvalue weighted by molar-refractivity contribution is 7.15. The van der Waals surface area contributed by atoms with E-state index in [1.54, 1.807) is 16.6 Å². The Balaban J connectivity index is 1.76. The van der Waals surface area contributed by atoms with Crippen LogP contribution < -0.4 is 5.32 Å². The maximum atomic E-state index is 6.28. The number of aromatic nitrogens is 5. The Labute approximate surface area is 148 Å². The van der Waals surface area contributed by atoms with Crippen LogP contribution in [0.5, 0.6) is 0 Å². The average molecular weight is 383 g/mol. The van der Waals surface area contributed by atoms with E-state index in [0.717, 1.165) is 21.2 Å². The van der Waals surface area contributed by atoms with Crippen molar-refractivity contribution < 1.29 is 0 Å². The van der Waals surface area contributed by atoms with Crippen LogP contribution in [-0.2, 0) is 0 Å². The van der Waals surface area contributed by atoms with Gasteiger partial charge in [-0.3, -0.25) is 5.32 Å². The molecule has 1 aromatic carbocycles. The molecule has 4 rings (SSSR count). The van der Waals surface area contributed by atoms with Crippen molar-refractivity contribution in [3.63, 3.8) is 0 Å². The van der Waals surface area contributed by atoms with Gasteiger partial charge in [0.1, 0.15) is 5.01 Å². The molecule has 23 heavy (non-hydrogen) atoms. The van der Waals surface area contributed by atoms with Crippen LogP contribution >= 0.6 is 45.9 Å². The Bertz CT molecular complexity index is 1010. The molecule has 116 valence electrons. The Morgan fingerprint density at radius 3 is 2.87 bits per heavy atom. The van der Waals surface area contributed by atoms with Gasteiger partial charge in [0.25, 0.3) is 0 Å². The summed E-state index contributed by atoms with van der Waals surface area (Å²) in [4.78, 5) is 5.19. The lowest BCUT2D eigenvalue weighted by atomic mass is 10.2. The van der Waals surface area contributed by atoms with Crippen molar-refractivity contribution in [3.8, 4) is 11.3 Å².